The van der Waals surface area contributed by atoms with Crippen molar-refractivity contribution in [3.05, 3.63) is 81.0 Å². The second kappa shape index (κ2) is 9.97. The summed E-state index contributed by atoms with van der Waals surface area (Å²) in [7, 11) is 0.286. The molecule has 1 unspecified atom stereocenters. The zero-order valence-corrected chi connectivity index (χ0v) is 22.6. The first-order chi connectivity index (χ1) is 16.1. The third kappa shape index (κ3) is 6.09. The standard InChI is InChI=1S/C27H32ClFN2O3S/c1-16(30-35(34)26(2,3)4)21-14-25(32)31(7)15-23(21)22-12-17(27(5,6)33)8-10-19(22)20-11-9-18(29)13-24(20)28/h8-16,30,33H,1-7H3/t16-,35?/m0/s1. The Morgan fingerprint density at radius 2 is 1.63 bits per heavy atom. The van der Waals surface area contributed by atoms with Crippen molar-refractivity contribution in [3.8, 4) is 22.3 Å². The molecular formula is C27H32ClFN2O3S. The molecule has 0 aliphatic heterocycles. The minimum atomic E-state index is -1.37. The van der Waals surface area contributed by atoms with Gasteiger partial charge in [-0.2, -0.15) is 0 Å². The Balaban J connectivity index is 2.33. The summed E-state index contributed by atoms with van der Waals surface area (Å²) in [5, 5.41) is 11.0. The summed E-state index contributed by atoms with van der Waals surface area (Å²) in [5.74, 6) is -0.446. The van der Waals surface area contributed by atoms with Crippen molar-refractivity contribution < 1.29 is 13.7 Å². The van der Waals surface area contributed by atoms with Crippen LogP contribution in [0.25, 0.3) is 22.3 Å². The lowest BCUT2D eigenvalue weighted by Gasteiger charge is -2.26. The molecule has 3 aromatic rings. The highest BCUT2D eigenvalue weighted by Crippen LogP contribution is 2.40. The van der Waals surface area contributed by atoms with E-state index in [1.54, 1.807) is 39.2 Å². The number of nitrogens with zero attached hydrogens (tertiary/aromatic N) is 1. The number of benzene rings is 2. The Morgan fingerprint density at radius 3 is 2.20 bits per heavy atom. The number of rotatable bonds is 6. The van der Waals surface area contributed by atoms with Crippen molar-refractivity contribution in [1.82, 2.24) is 9.29 Å². The summed E-state index contributed by atoms with van der Waals surface area (Å²) < 4.78 is 30.7. The Kier molecular flexibility index (Phi) is 7.77. The zero-order valence-electron chi connectivity index (χ0n) is 21.1. The van der Waals surface area contributed by atoms with Gasteiger partial charge in [0.05, 0.1) is 26.4 Å². The van der Waals surface area contributed by atoms with Crippen LogP contribution < -0.4 is 10.3 Å². The first-order valence-electron chi connectivity index (χ1n) is 11.3. The molecule has 35 heavy (non-hydrogen) atoms. The van der Waals surface area contributed by atoms with E-state index >= 15 is 0 Å². The quantitative estimate of drug-likeness (QED) is 0.430. The van der Waals surface area contributed by atoms with Gasteiger partial charge in [-0.1, -0.05) is 23.7 Å². The van der Waals surface area contributed by atoms with Crippen LogP contribution in [0.3, 0.4) is 0 Å². The highest BCUT2D eigenvalue weighted by molar-refractivity contribution is 7.84. The molecule has 3 rings (SSSR count). The lowest BCUT2D eigenvalue weighted by molar-refractivity contribution is 0.0786. The molecular weight excluding hydrogens is 487 g/mol. The van der Waals surface area contributed by atoms with Gasteiger partial charge in [-0.15, -0.1) is 0 Å². The molecule has 5 nitrogen and oxygen atoms in total. The second-order valence-corrected chi connectivity index (χ2v) is 12.7. The van der Waals surface area contributed by atoms with Crippen molar-refractivity contribution in [3.63, 3.8) is 0 Å². The minimum absolute atomic E-state index is 0.209. The van der Waals surface area contributed by atoms with Crippen LogP contribution in [-0.2, 0) is 23.6 Å². The fourth-order valence-corrected chi connectivity index (χ4v) is 4.79. The van der Waals surface area contributed by atoms with Crippen LogP contribution >= 0.6 is 11.6 Å². The van der Waals surface area contributed by atoms with E-state index in [-0.39, 0.29) is 10.6 Å². The number of aliphatic hydroxyl groups is 1. The van der Waals surface area contributed by atoms with Gasteiger partial charge >= 0.3 is 0 Å². The summed E-state index contributed by atoms with van der Waals surface area (Å²) in [6.45, 7) is 10.8. The molecule has 1 heterocycles. The third-order valence-corrected chi connectivity index (χ3v) is 7.80. The van der Waals surface area contributed by atoms with E-state index in [0.29, 0.717) is 33.4 Å². The van der Waals surface area contributed by atoms with E-state index in [4.69, 9.17) is 11.6 Å². The van der Waals surface area contributed by atoms with E-state index in [9.17, 15) is 18.5 Å². The number of hydrogen-bond donors (Lipinski definition) is 2. The topological polar surface area (TPSA) is 71.3 Å². The molecule has 0 radical (unpaired) electrons. The van der Waals surface area contributed by atoms with Crippen molar-refractivity contribution in [2.24, 2.45) is 7.05 Å². The lowest BCUT2D eigenvalue weighted by atomic mass is 9.86. The smallest absolute Gasteiger partial charge is 0.250 e. The normalized spacial score (nSPS) is 14.1. The molecule has 2 N–H and O–H groups in total. The Labute approximate surface area is 213 Å². The average molecular weight is 519 g/mol. The molecule has 0 aliphatic carbocycles. The van der Waals surface area contributed by atoms with E-state index in [0.717, 1.165) is 0 Å². The van der Waals surface area contributed by atoms with Crippen LogP contribution in [0.2, 0.25) is 5.02 Å². The van der Waals surface area contributed by atoms with Gasteiger partial charge in [0.15, 0.2) is 0 Å². The molecule has 0 fully saturated rings. The second-order valence-electron chi connectivity index (χ2n) is 10.3. The van der Waals surface area contributed by atoms with Gasteiger partial charge in [-0.25, -0.2) is 13.3 Å². The predicted octanol–water partition coefficient (Wildman–Crippen LogP) is 5.85. The van der Waals surface area contributed by atoms with E-state index < -0.39 is 33.2 Å². The number of nitrogens with one attached hydrogen (secondary N) is 1. The summed E-state index contributed by atoms with van der Waals surface area (Å²) >= 11 is 6.43. The number of pyridine rings is 1. The zero-order chi connectivity index (χ0) is 26.3. The van der Waals surface area contributed by atoms with Gasteiger partial charge in [0.1, 0.15) is 5.82 Å². The number of aryl methyl sites for hydroxylation is 1. The Bertz CT molecular complexity index is 1340. The fraction of sp³-hybridized carbons (Fsp3) is 0.370. The number of aromatic nitrogens is 1. The molecule has 0 saturated heterocycles. The van der Waals surface area contributed by atoms with E-state index in [1.807, 2.05) is 39.8 Å². The molecule has 0 saturated carbocycles. The first-order valence-corrected chi connectivity index (χ1v) is 12.8. The van der Waals surface area contributed by atoms with Gasteiger partial charge < -0.3 is 9.67 Å². The maximum Gasteiger partial charge on any atom is 0.250 e. The van der Waals surface area contributed by atoms with Gasteiger partial charge in [0.25, 0.3) is 5.56 Å². The van der Waals surface area contributed by atoms with Crippen LogP contribution in [0.4, 0.5) is 4.39 Å². The lowest BCUT2D eigenvalue weighted by Crippen LogP contribution is -2.35. The maximum atomic E-state index is 13.8. The minimum Gasteiger partial charge on any atom is -0.386 e. The highest BCUT2D eigenvalue weighted by atomic mass is 35.5. The fourth-order valence-electron chi connectivity index (χ4n) is 3.72. The summed E-state index contributed by atoms with van der Waals surface area (Å²) in [4.78, 5) is 12.6. The van der Waals surface area contributed by atoms with Crippen molar-refractivity contribution in [1.29, 1.82) is 0 Å². The van der Waals surface area contributed by atoms with Crippen molar-refractivity contribution in [2.45, 2.75) is 57.9 Å². The van der Waals surface area contributed by atoms with Crippen LogP contribution in [0.15, 0.2) is 53.5 Å². The molecule has 0 aliphatic rings. The van der Waals surface area contributed by atoms with Crippen LogP contribution in [0.1, 0.15) is 58.7 Å². The van der Waals surface area contributed by atoms with Crippen LogP contribution in [0, 0.1) is 5.82 Å². The molecule has 2 atom stereocenters. The molecule has 8 heteroatoms. The van der Waals surface area contributed by atoms with Crippen molar-refractivity contribution >= 4 is 22.6 Å². The van der Waals surface area contributed by atoms with Crippen LogP contribution in [0.5, 0.6) is 0 Å². The average Bonchev–Trinajstić information content (AvgIpc) is 2.73. The molecule has 0 spiro atoms. The highest BCUT2D eigenvalue weighted by Gasteiger charge is 2.26. The molecule has 2 aromatic carbocycles. The van der Waals surface area contributed by atoms with Crippen molar-refractivity contribution in [2.75, 3.05) is 0 Å². The Morgan fingerprint density at radius 1 is 1.00 bits per heavy atom. The summed E-state index contributed by atoms with van der Waals surface area (Å²) in [6.07, 6.45) is 1.72. The molecule has 188 valence electrons. The van der Waals surface area contributed by atoms with Gasteiger partial charge in [-0.3, -0.25) is 4.79 Å². The molecule has 1 aromatic heterocycles. The van der Waals surface area contributed by atoms with Gasteiger partial charge in [0.2, 0.25) is 0 Å². The summed E-state index contributed by atoms with van der Waals surface area (Å²) in [5.41, 5.74) is 2.72. The monoisotopic (exact) mass is 518 g/mol. The largest absolute Gasteiger partial charge is 0.386 e. The Hall–Kier alpha value is -2.32. The predicted molar refractivity (Wildman–Crippen MR) is 142 cm³/mol. The van der Waals surface area contributed by atoms with E-state index in [2.05, 4.69) is 4.72 Å². The van der Waals surface area contributed by atoms with Gasteiger partial charge in [0, 0.05) is 36.5 Å². The van der Waals surface area contributed by atoms with E-state index in [1.165, 1.54) is 22.8 Å². The van der Waals surface area contributed by atoms with Gasteiger partial charge in [-0.05, 0) is 88.1 Å². The molecule has 0 bridgehead atoms. The van der Waals surface area contributed by atoms with Crippen LogP contribution in [-0.4, -0.2) is 18.6 Å². The number of hydrogen-bond acceptors (Lipinski definition) is 3. The number of halogens is 2. The first kappa shape index (κ1) is 27.3. The SMILES string of the molecule is C[C@H](NS(=O)C(C)(C)C)c1cc(=O)n(C)cc1-c1cc(C(C)(C)O)ccc1-c1ccc(F)cc1Cl. The maximum absolute atomic E-state index is 13.8. The summed E-state index contributed by atoms with van der Waals surface area (Å²) in [6, 6.07) is 10.8. The molecule has 0 amide bonds. The third-order valence-electron chi connectivity index (χ3n) is 5.80.